The molecule has 1 rings (SSSR count). The molecule has 1 unspecified atom stereocenters. The molecule has 0 aromatic heterocycles. The molecule has 0 radical (unpaired) electrons. The fourth-order valence-electron chi connectivity index (χ4n) is 1.67. The molecule has 1 aromatic carbocycles. The minimum atomic E-state index is -1.42. The Morgan fingerprint density at radius 1 is 1.41 bits per heavy atom. The number of amides is 2. The number of hydrogen-bond acceptors (Lipinski definition) is 4. The second-order valence-electron chi connectivity index (χ2n) is 4.18. The van der Waals surface area contributed by atoms with Crippen molar-refractivity contribution < 1.29 is 52.9 Å². The van der Waals surface area contributed by atoms with E-state index in [0.717, 1.165) is 31.8 Å². The molecule has 0 aliphatic carbocycles. The van der Waals surface area contributed by atoms with Crippen LogP contribution >= 0.6 is 0 Å². The maximum atomic E-state index is 14.4. The van der Waals surface area contributed by atoms with Gasteiger partial charge in [-0.25, -0.2) is 0 Å². The van der Waals surface area contributed by atoms with Crippen LogP contribution in [0.1, 0.15) is 5.56 Å². The summed E-state index contributed by atoms with van der Waals surface area (Å²) in [5.74, 6) is -4.05. The second-order valence-corrected chi connectivity index (χ2v) is 5.65. The Morgan fingerprint density at radius 3 is 2.45 bits per heavy atom. The van der Waals surface area contributed by atoms with E-state index < -0.39 is 41.8 Å². The topological polar surface area (TPSA) is 114 Å². The van der Waals surface area contributed by atoms with Gasteiger partial charge in [0.1, 0.15) is 0 Å². The average molecular weight is 512 g/mol. The normalized spacial score (nSPS) is 11.7. The van der Waals surface area contributed by atoms with Crippen molar-refractivity contribution in [1.29, 1.82) is 0 Å². The van der Waals surface area contributed by atoms with Gasteiger partial charge in [-0.2, -0.15) is 0 Å². The molecule has 0 bridgehead atoms. The molecule has 0 saturated carbocycles. The van der Waals surface area contributed by atoms with Crippen molar-refractivity contribution in [2.24, 2.45) is 5.73 Å². The van der Waals surface area contributed by atoms with Gasteiger partial charge in [-0.15, -0.1) is 0 Å². The first-order valence-corrected chi connectivity index (χ1v) is 7.41. The Bertz CT molecular complexity index is 613. The minimum absolute atomic E-state index is 0.0329. The molecular formula is C12H14AtF2N3O4. The van der Waals surface area contributed by atoms with Crippen molar-refractivity contribution >= 4 is 21.0 Å². The van der Waals surface area contributed by atoms with Gasteiger partial charge >= 0.3 is 140 Å². The standard InChI is InChI=1S/C12H14AtF2N3O4/c1-17-12(21)18-9-4(3-5(16)11(19)20)7(14)10(22-2)8(15)6(9)13/h5H,3,16H2,1-2H3,(H,19,20)(H2,17,18,21). The fraction of sp³-hybridized carbons (Fsp3) is 0.333. The molecule has 0 aliphatic heterocycles. The Labute approximate surface area is 140 Å². The van der Waals surface area contributed by atoms with Crippen LogP contribution in [0.5, 0.6) is 5.75 Å². The molecule has 122 valence electrons. The number of halogens is 2. The number of aliphatic carboxylic acids is 1. The molecule has 0 fully saturated rings. The number of methoxy groups -OCH3 is 1. The monoisotopic (exact) mass is 512 g/mol. The van der Waals surface area contributed by atoms with E-state index in [1.54, 1.807) is 0 Å². The van der Waals surface area contributed by atoms with Gasteiger partial charge in [0.25, 0.3) is 0 Å². The molecule has 1 atom stereocenters. The molecule has 0 aliphatic rings. The summed E-state index contributed by atoms with van der Waals surface area (Å²) < 4.78 is 33.1. The number of rotatable bonds is 5. The SMILES string of the molecule is CNC(=O)Nc1c([At])c(F)c(OC)c(F)c1CC(N)C(=O)O. The zero-order valence-corrected chi connectivity index (χ0v) is 14.6. The van der Waals surface area contributed by atoms with Gasteiger partial charge in [-0.1, -0.05) is 0 Å². The van der Waals surface area contributed by atoms with Crippen molar-refractivity contribution in [1.82, 2.24) is 5.32 Å². The average Bonchev–Trinajstić information content (AvgIpc) is 2.48. The number of urea groups is 1. The Balaban J connectivity index is 3.50. The first-order chi connectivity index (χ1) is 10.2. The van der Waals surface area contributed by atoms with Crippen molar-refractivity contribution in [3.63, 3.8) is 0 Å². The van der Waals surface area contributed by atoms with Gasteiger partial charge in [0.2, 0.25) is 0 Å². The van der Waals surface area contributed by atoms with E-state index in [0.29, 0.717) is 0 Å². The number of anilines is 1. The zero-order valence-electron chi connectivity index (χ0n) is 11.7. The van der Waals surface area contributed by atoms with Gasteiger partial charge < -0.3 is 0 Å². The summed E-state index contributed by atoms with van der Waals surface area (Å²) in [5, 5.41) is 13.4. The van der Waals surface area contributed by atoms with E-state index in [-0.39, 0.29) is 14.5 Å². The molecule has 22 heavy (non-hydrogen) atoms. The molecule has 1 aromatic rings. The summed E-state index contributed by atoms with van der Waals surface area (Å²) in [6.07, 6.45) is -0.438. The van der Waals surface area contributed by atoms with Crippen LogP contribution in [0.3, 0.4) is 0 Å². The van der Waals surface area contributed by atoms with Gasteiger partial charge in [-0.3, -0.25) is 0 Å². The molecule has 2 amide bonds. The molecule has 0 spiro atoms. The number of benzene rings is 1. The summed E-state index contributed by atoms with van der Waals surface area (Å²) >= 11 is 0.834. The van der Waals surface area contributed by atoms with Crippen molar-refractivity contribution in [2.75, 3.05) is 19.5 Å². The number of nitrogens with two attached hydrogens (primary N) is 1. The molecule has 7 nitrogen and oxygen atoms in total. The van der Waals surface area contributed by atoms with Crippen LogP contribution in [-0.4, -0.2) is 37.3 Å². The second kappa shape index (κ2) is 7.64. The number of carbonyl (C=O) groups is 2. The van der Waals surface area contributed by atoms with Crippen LogP contribution in [0.15, 0.2) is 0 Å². The van der Waals surface area contributed by atoms with E-state index in [4.69, 9.17) is 10.8 Å². The van der Waals surface area contributed by atoms with Crippen molar-refractivity contribution in [3.8, 4) is 5.75 Å². The zero-order chi connectivity index (χ0) is 17.0. The number of carboxylic acid groups (broad SMARTS) is 1. The van der Waals surface area contributed by atoms with E-state index >= 15 is 0 Å². The third-order valence-corrected chi connectivity index (χ3v) is 4.17. The third kappa shape index (κ3) is 3.81. The summed E-state index contributed by atoms with van der Waals surface area (Å²) in [6, 6.07) is -2.12. The fourth-order valence-corrected chi connectivity index (χ4v) is 2.63. The Kier molecular flexibility index (Phi) is 6.43. The first-order valence-electron chi connectivity index (χ1n) is 5.94. The van der Waals surface area contributed by atoms with Crippen molar-refractivity contribution in [2.45, 2.75) is 12.5 Å². The molecule has 5 N–H and O–H groups in total. The Hall–Kier alpha value is -1.54. The number of hydrogen-bond donors (Lipinski definition) is 4. The summed E-state index contributed by atoms with van der Waals surface area (Å²) in [4.78, 5) is 22.3. The van der Waals surface area contributed by atoms with Crippen LogP contribution in [0.2, 0.25) is 0 Å². The van der Waals surface area contributed by atoms with Gasteiger partial charge in [0, 0.05) is 0 Å². The van der Waals surface area contributed by atoms with Crippen LogP contribution in [-0.2, 0) is 11.2 Å². The van der Waals surface area contributed by atoms with Gasteiger partial charge in [0.05, 0.1) is 0 Å². The molecular weight excluding hydrogens is 498 g/mol. The van der Waals surface area contributed by atoms with Crippen LogP contribution in [0.25, 0.3) is 0 Å². The van der Waals surface area contributed by atoms with E-state index in [1.165, 1.54) is 7.05 Å². The molecule has 0 heterocycles. The maximum absolute atomic E-state index is 14.4. The van der Waals surface area contributed by atoms with E-state index in [2.05, 4.69) is 15.4 Å². The molecule has 10 heteroatoms. The predicted octanol–water partition coefficient (Wildman–Crippen LogP) is -0.146. The van der Waals surface area contributed by atoms with Crippen molar-refractivity contribution in [3.05, 3.63) is 17.2 Å². The van der Waals surface area contributed by atoms with Crippen LogP contribution in [0, 0.1) is 36.4 Å². The van der Waals surface area contributed by atoms with Crippen LogP contribution in [0.4, 0.5) is 19.3 Å². The van der Waals surface area contributed by atoms with Crippen LogP contribution < -0.4 is 24.4 Å². The third-order valence-electron chi connectivity index (χ3n) is 2.79. The molecule has 0 saturated heterocycles. The summed E-state index contributed by atoms with van der Waals surface area (Å²) in [7, 11) is 2.41. The van der Waals surface area contributed by atoms with Gasteiger partial charge in [-0.05, 0) is 0 Å². The quantitative estimate of drug-likeness (QED) is 0.439. The number of carbonyl (C=O) groups excluding carboxylic acids is 1. The number of ether oxygens (including phenoxy) is 1. The summed E-state index contributed by atoms with van der Waals surface area (Å²) in [5.41, 5.74) is 5.03. The predicted molar refractivity (Wildman–Crippen MR) is 69.9 cm³/mol. The number of carboxylic acids is 1. The van der Waals surface area contributed by atoms with E-state index in [9.17, 15) is 18.4 Å². The van der Waals surface area contributed by atoms with E-state index in [1.807, 2.05) is 0 Å². The Morgan fingerprint density at radius 2 is 2.00 bits per heavy atom. The number of nitrogens with one attached hydrogen (secondary N) is 2. The first kappa shape index (κ1) is 18.5. The summed E-state index contributed by atoms with van der Waals surface area (Å²) in [6.45, 7) is 0. The van der Waals surface area contributed by atoms with Gasteiger partial charge in [0.15, 0.2) is 0 Å².